The number of azo groups is 1. The van der Waals surface area contributed by atoms with Gasteiger partial charge in [0.05, 0.1) is 37.3 Å². The molecule has 0 atom stereocenters. The monoisotopic (exact) mass is 861 g/mol. The molecule has 20 nitrogen and oxygen atoms in total. The zero-order chi connectivity index (χ0) is 41.8. The number of nitrogens with zero attached hydrogens (tertiary/aromatic N) is 3. The largest absolute Gasteiger partial charge is 0.505 e. The van der Waals surface area contributed by atoms with Crippen molar-refractivity contribution >= 4 is 97.4 Å². The van der Waals surface area contributed by atoms with Gasteiger partial charge in [0.15, 0.2) is 5.75 Å². The third kappa shape index (κ3) is 11.6. The van der Waals surface area contributed by atoms with Crippen molar-refractivity contribution in [1.29, 1.82) is 0 Å². The highest BCUT2D eigenvalue weighted by Crippen LogP contribution is 2.46. The maximum absolute atomic E-state index is 12.1. The molecular weight excluding hydrogens is 834 g/mol. The van der Waals surface area contributed by atoms with Crippen LogP contribution in [-0.2, 0) is 40.5 Å². The van der Waals surface area contributed by atoms with Crippen LogP contribution >= 0.6 is 11.6 Å². The second-order valence-corrected chi connectivity index (χ2v) is 16.9. The van der Waals surface area contributed by atoms with Gasteiger partial charge in [-0.25, -0.2) is 9.79 Å². The van der Waals surface area contributed by atoms with E-state index in [1.807, 2.05) is 0 Å². The fourth-order valence-corrected chi connectivity index (χ4v) is 6.90. The summed E-state index contributed by atoms with van der Waals surface area (Å²) in [5, 5.41) is 31.7. The van der Waals surface area contributed by atoms with Crippen molar-refractivity contribution in [3.05, 3.63) is 90.2 Å². The lowest BCUT2D eigenvalue weighted by molar-refractivity contribution is 0.0697. The van der Waals surface area contributed by atoms with Crippen LogP contribution in [0.5, 0.6) is 5.75 Å². The minimum Gasteiger partial charge on any atom is -0.505 e. The summed E-state index contributed by atoms with van der Waals surface area (Å²) in [7, 11) is -19.2. The quantitative estimate of drug-likeness (QED) is 0.0298. The Balaban J connectivity index is 0.000000399. The number of allylic oxidation sites excluding steroid dienone is 1. The highest BCUT2D eigenvalue weighted by molar-refractivity contribution is 7.86. The SMILES string of the molecule is C=C(C)Nc1ccc(S(=O)(=O)O)cc1C(=O)O.C=C(Cl)NC(C)=Nc1cc(S(=O)(=O)O)cc2cc(S(=O)(=O)O)c(N=Nc3ccccc3S(=O)(=O)O)c(O)c12. The van der Waals surface area contributed by atoms with E-state index in [-0.39, 0.29) is 38.7 Å². The molecule has 4 aromatic carbocycles. The number of amidine groups is 1. The number of nitrogens with one attached hydrogen (secondary N) is 2. The number of aromatic carboxylic acids is 1. The number of hydrogen-bond acceptors (Lipinski definition) is 14. The van der Waals surface area contributed by atoms with Gasteiger partial charge in [0.2, 0.25) is 0 Å². The van der Waals surface area contributed by atoms with Crippen LogP contribution in [0.3, 0.4) is 0 Å². The lowest BCUT2D eigenvalue weighted by Gasteiger charge is -2.13. The molecule has 0 aromatic heterocycles. The Morgan fingerprint density at radius 3 is 1.82 bits per heavy atom. The molecule has 0 spiro atoms. The molecule has 8 N–H and O–H groups in total. The first-order valence-corrected chi connectivity index (χ1v) is 20.5. The first kappa shape index (κ1) is 44.1. The molecule has 0 unspecified atom stereocenters. The summed E-state index contributed by atoms with van der Waals surface area (Å²) < 4.78 is 130. The van der Waals surface area contributed by atoms with Gasteiger partial charge in [0.1, 0.15) is 27.0 Å². The minimum absolute atomic E-state index is 0.0299. The van der Waals surface area contributed by atoms with Crippen LogP contribution in [0.15, 0.2) is 119 Å². The van der Waals surface area contributed by atoms with Crippen molar-refractivity contribution in [2.45, 2.75) is 33.4 Å². The highest BCUT2D eigenvalue weighted by Gasteiger charge is 2.26. The number of aliphatic imine (C=N–C) groups is 1. The number of benzene rings is 4. The van der Waals surface area contributed by atoms with Crippen LogP contribution in [0.4, 0.5) is 22.7 Å². The number of carbonyl (C=O) groups is 1. The number of fused-ring (bicyclic) bond motifs is 1. The molecule has 0 saturated heterocycles. The Labute approximate surface area is 318 Å². The van der Waals surface area contributed by atoms with Gasteiger partial charge in [-0.2, -0.15) is 33.7 Å². The molecule has 0 bridgehead atoms. The standard InChI is InChI=1S/C20H17ClN4O10S3.C10H11NO5S/c1-10(21)22-11(2)23-15-9-13(36(27,28)29)7-12-8-17(38(33,34)35)19(20(26)18(12)15)25-24-14-5-3-4-6-16(14)37(30,31)32;1-6(2)11-9-4-3-7(17(14,15)16)5-8(9)10(12)13/h3-9,26H,1H2,2H3,(H,22,23)(H,27,28,29)(H,30,31,32)(H,33,34,35);3-5,11H,1H2,2H3,(H,12,13)(H,14,15,16). The van der Waals surface area contributed by atoms with Gasteiger partial charge < -0.3 is 20.8 Å². The number of aromatic hydroxyl groups is 1. The molecular formula is C30H28ClN5O15S4. The Bertz CT molecular complexity index is 2770. The normalized spacial score (nSPS) is 12.5. The van der Waals surface area contributed by atoms with Crippen molar-refractivity contribution in [1.82, 2.24) is 5.32 Å². The smallest absolute Gasteiger partial charge is 0.337 e. The Hall–Kier alpha value is -5.31. The molecule has 0 aliphatic rings. The number of halogens is 1. The molecule has 0 radical (unpaired) electrons. The molecule has 0 heterocycles. The number of hydrogen-bond donors (Lipinski definition) is 8. The molecule has 4 rings (SSSR count). The van der Waals surface area contributed by atoms with Crippen LogP contribution in [0.1, 0.15) is 24.2 Å². The fourth-order valence-electron chi connectivity index (χ4n) is 4.44. The van der Waals surface area contributed by atoms with E-state index in [0.717, 1.165) is 42.5 Å². The molecule has 0 saturated carbocycles. The lowest BCUT2D eigenvalue weighted by Crippen LogP contribution is -2.15. The summed E-state index contributed by atoms with van der Waals surface area (Å²) in [4.78, 5) is 12.1. The third-order valence-corrected chi connectivity index (χ3v) is 10.1. The van der Waals surface area contributed by atoms with E-state index in [4.69, 9.17) is 21.3 Å². The van der Waals surface area contributed by atoms with E-state index >= 15 is 0 Å². The van der Waals surface area contributed by atoms with E-state index in [0.29, 0.717) is 5.70 Å². The Morgan fingerprint density at radius 2 is 1.31 bits per heavy atom. The van der Waals surface area contributed by atoms with E-state index in [1.165, 1.54) is 25.1 Å². The fraction of sp³-hybridized carbons (Fsp3) is 0.0667. The number of phenols is 1. The van der Waals surface area contributed by atoms with Crippen LogP contribution < -0.4 is 10.6 Å². The second-order valence-electron chi connectivity index (χ2n) is 10.8. The summed E-state index contributed by atoms with van der Waals surface area (Å²) >= 11 is 5.68. The number of anilines is 1. The Morgan fingerprint density at radius 1 is 0.727 bits per heavy atom. The predicted octanol–water partition coefficient (Wildman–Crippen LogP) is 5.63. The van der Waals surface area contributed by atoms with Gasteiger partial charge in [0, 0.05) is 5.70 Å². The van der Waals surface area contributed by atoms with Crippen molar-refractivity contribution in [3.63, 3.8) is 0 Å². The van der Waals surface area contributed by atoms with E-state index in [9.17, 15) is 57.2 Å². The van der Waals surface area contributed by atoms with E-state index in [1.54, 1.807) is 6.92 Å². The van der Waals surface area contributed by atoms with Crippen LogP contribution in [-0.4, -0.2) is 73.9 Å². The summed E-state index contributed by atoms with van der Waals surface area (Å²) in [6.45, 7) is 9.97. The Kier molecular flexibility index (Phi) is 13.3. The molecule has 294 valence electrons. The topological polar surface area (TPSA) is 336 Å². The summed E-state index contributed by atoms with van der Waals surface area (Å²) in [5.74, 6) is -2.25. The maximum Gasteiger partial charge on any atom is 0.337 e. The molecule has 0 fully saturated rings. The number of rotatable bonds is 11. The first-order chi connectivity index (χ1) is 25.1. The zero-order valence-electron chi connectivity index (χ0n) is 27.9. The molecule has 0 aliphatic carbocycles. The second kappa shape index (κ2) is 16.6. The van der Waals surface area contributed by atoms with Crippen LogP contribution in [0.25, 0.3) is 10.8 Å². The van der Waals surface area contributed by atoms with Crippen molar-refractivity contribution in [2.75, 3.05) is 5.32 Å². The summed E-state index contributed by atoms with van der Waals surface area (Å²) in [6.07, 6.45) is 0. The van der Waals surface area contributed by atoms with Crippen molar-refractivity contribution in [2.24, 2.45) is 15.2 Å². The molecule has 0 aliphatic heterocycles. The minimum atomic E-state index is -5.16. The van der Waals surface area contributed by atoms with E-state index < -0.39 is 83.1 Å². The van der Waals surface area contributed by atoms with Gasteiger partial charge in [-0.05, 0) is 67.8 Å². The first-order valence-electron chi connectivity index (χ1n) is 14.3. The average molecular weight is 862 g/mol. The number of carboxylic acid groups (broad SMARTS) is 1. The average Bonchev–Trinajstić information content (AvgIpc) is 3.02. The number of carboxylic acids is 1. The van der Waals surface area contributed by atoms with Gasteiger partial charge in [0.25, 0.3) is 40.5 Å². The summed E-state index contributed by atoms with van der Waals surface area (Å²) in [6, 6.07) is 10.3. The van der Waals surface area contributed by atoms with Crippen molar-refractivity contribution < 1.29 is 66.9 Å². The third-order valence-electron chi connectivity index (χ3n) is 6.55. The van der Waals surface area contributed by atoms with Gasteiger partial charge in [-0.3, -0.25) is 18.2 Å². The van der Waals surface area contributed by atoms with Gasteiger partial charge in [-0.15, -0.1) is 10.2 Å². The molecule has 55 heavy (non-hydrogen) atoms. The highest BCUT2D eigenvalue weighted by atomic mass is 35.5. The van der Waals surface area contributed by atoms with Crippen LogP contribution in [0, 0.1) is 0 Å². The van der Waals surface area contributed by atoms with Gasteiger partial charge in [-0.1, -0.05) is 36.9 Å². The maximum atomic E-state index is 12.1. The molecule has 0 amide bonds. The predicted molar refractivity (Wildman–Crippen MR) is 198 cm³/mol. The van der Waals surface area contributed by atoms with Crippen LogP contribution in [0.2, 0.25) is 0 Å². The number of phenolic OH excluding ortho intramolecular Hbond substituents is 1. The van der Waals surface area contributed by atoms with E-state index in [2.05, 4.69) is 39.0 Å². The van der Waals surface area contributed by atoms with Gasteiger partial charge >= 0.3 is 5.97 Å². The summed E-state index contributed by atoms with van der Waals surface area (Å²) in [5.41, 5.74) is -1.20. The molecule has 4 aromatic rings. The molecule has 25 heteroatoms. The lowest BCUT2D eigenvalue weighted by atomic mass is 10.1. The zero-order valence-corrected chi connectivity index (χ0v) is 31.9. The van der Waals surface area contributed by atoms with Crippen molar-refractivity contribution in [3.8, 4) is 5.75 Å².